The van der Waals surface area contributed by atoms with Crippen molar-refractivity contribution >= 4 is 11.7 Å². The molecular formula is C11H18N2O. The topological polar surface area (TPSA) is 41.5 Å². The zero-order chi connectivity index (χ0) is 10.2. The van der Waals surface area contributed by atoms with Crippen molar-refractivity contribution in [3.8, 4) is 0 Å². The number of carbonyl (C=O) groups is 1. The van der Waals surface area contributed by atoms with Gasteiger partial charge in [-0.2, -0.15) is 0 Å². The third-order valence-corrected chi connectivity index (χ3v) is 3.06. The number of rotatable bonds is 2. The van der Waals surface area contributed by atoms with Gasteiger partial charge >= 0.3 is 0 Å². The van der Waals surface area contributed by atoms with E-state index in [0.717, 1.165) is 37.9 Å². The molecule has 0 radical (unpaired) electrons. The summed E-state index contributed by atoms with van der Waals surface area (Å²) in [6.45, 7) is 4.29. The van der Waals surface area contributed by atoms with Crippen molar-refractivity contribution in [2.75, 3.05) is 0 Å². The van der Waals surface area contributed by atoms with Crippen LogP contribution in [0.25, 0.3) is 0 Å². The predicted molar refractivity (Wildman–Crippen MR) is 56.2 cm³/mol. The lowest BCUT2D eigenvalue weighted by atomic mass is 9.99. The maximum absolute atomic E-state index is 11.8. The van der Waals surface area contributed by atoms with Crippen LogP contribution in [0.1, 0.15) is 46.0 Å². The van der Waals surface area contributed by atoms with E-state index < -0.39 is 0 Å². The van der Waals surface area contributed by atoms with Crippen LogP contribution in [0.2, 0.25) is 0 Å². The highest BCUT2D eigenvalue weighted by Crippen LogP contribution is 2.36. The van der Waals surface area contributed by atoms with Crippen molar-refractivity contribution < 1.29 is 4.79 Å². The molecule has 1 N–H and O–H groups in total. The first kappa shape index (κ1) is 9.69. The molecule has 2 aliphatic rings. The highest BCUT2D eigenvalue weighted by Gasteiger charge is 2.45. The minimum Gasteiger partial charge on any atom is -0.312 e. The summed E-state index contributed by atoms with van der Waals surface area (Å²) in [6, 6.07) is 0. The Morgan fingerprint density at radius 3 is 2.64 bits per heavy atom. The van der Waals surface area contributed by atoms with Crippen LogP contribution in [0.3, 0.4) is 0 Å². The van der Waals surface area contributed by atoms with Gasteiger partial charge in [0.15, 0.2) is 0 Å². The van der Waals surface area contributed by atoms with Gasteiger partial charge in [0.1, 0.15) is 11.4 Å². The second-order valence-electron chi connectivity index (χ2n) is 4.85. The Hall–Kier alpha value is -0.860. The highest BCUT2D eigenvalue weighted by atomic mass is 16.2. The third-order valence-electron chi connectivity index (χ3n) is 3.06. The number of carbonyl (C=O) groups excluding carboxylic acids is 1. The van der Waals surface area contributed by atoms with E-state index >= 15 is 0 Å². The first-order chi connectivity index (χ1) is 6.62. The summed E-state index contributed by atoms with van der Waals surface area (Å²) in [5, 5.41) is 2.93. The molecule has 0 saturated heterocycles. The van der Waals surface area contributed by atoms with Crippen molar-refractivity contribution in [1.82, 2.24) is 5.32 Å². The molecule has 0 aromatic heterocycles. The van der Waals surface area contributed by atoms with Crippen LogP contribution in [-0.2, 0) is 4.79 Å². The van der Waals surface area contributed by atoms with Crippen LogP contribution in [-0.4, -0.2) is 17.3 Å². The van der Waals surface area contributed by atoms with E-state index in [1.165, 1.54) is 0 Å². The third kappa shape index (κ3) is 1.56. The average Bonchev–Trinajstić information content (AvgIpc) is 2.62. The van der Waals surface area contributed by atoms with Crippen molar-refractivity contribution in [2.24, 2.45) is 10.9 Å². The molecule has 78 valence electrons. The number of amides is 1. The van der Waals surface area contributed by atoms with Gasteiger partial charge in [-0.15, -0.1) is 0 Å². The van der Waals surface area contributed by atoms with E-state index in [1.807, 2.05) is 0 Å². The number of nitrogens with zero attached hydrogens (tertiary/aromatic N) is 1. The lowest BCUT2D eigenvalue weighted by Crippen LogP contribution is -2.37. The van der Waals surface area contributed by atoms with Crippen LogP contribution in [0, 0.1) is 5.92 Å². The van der Waals surface area contributed by atoms with Crippen LogP contribution < -0.4 is 5.32 Å². The van der Waals surface area contributed by atoms with E-state index in [0.29, 0.717) is 5.92 Å². The lowest BCUT2D eigenvalue weighted by Gasteiger charge is -2.14. The minimum absolute atomic E-state index is 0.144. The van der Waals surface area contributed by atoms with Crippen molar-refractivity contribution in [3.05, 3.63) is 0 Å². The second-order valence-corrected chi connectivity index (χ2v) is 4.85. The van der Waals surface area contributed by atoms with Gasteiger partial charge in [0.05, 0.1) is 0 Å². The summed E-state index contributed by atoms with van der Waals surface area (Å²) >= 11 is 0. The van der Waals surface area contributed by atoms with E-state index in [1.54, 1.807) is 0 Å². The fraction of sp³-hybridized carbons (Fsp3) is 0.818. The van der Waals surface area contributed by atoms with Crippen LogP contribution >= 0.6 is 0 Å². The van der Waals surface area contributed by atoms with Gasteiger partial charge in [-0.1, -0.05) is 26.7 Å². The van der Waals surface area contributed by atoms with Gasteiger partial charge in [-0.3, -0.25) is 9.79 Å². The lowest BCUT2D eigenvalue weighted by molar-refractivity contribution is -0.123. The molecule has 1 amide bonds. The maximum Gasteiger partial charge on any atom is 0.253 e. The highest BCUT2D eigenvalue weighted by molar-refractivity contribution is 6.08. The molecule has 1 aliphatic heterocycles. The van der Waals surface area contributed by atoms with Crippen molar-refractivity contribution in [3.63, 3.8) is 0 Å². The molecular weight excluding hydrogens is 176 g/mol. The Kier molecular flexibility index (Phi) is 2.33. The Balaban J connectivity index is 2.12. The van der Waals surface area contributed by atoms with Crippen LogP contribution in [0.4, 0.5) is 0 Å². The molecule has 0 aromatic rings. The maximum atomic E-state index is 11.8. The Labute approximate surface area is 85.0 Å². The molecule has 2 rings (SSSR count). The summed E-state index contributed by atoms with van der Waals surface area (Å²) < 4.78 is 0. The summed E-state index contributed by atoms with van der Waals surface area (Å²) in [6.07, 6.45) is 5.08. The van der Waals surface area contributed by atoms with E-state index in [9.17, 15) is 4.79 Å². The number of amidine groups is 1. The van der Waals surface area contributed by atoms with Gasteiger partial charge in [0.25, 0.3) is 5.91 Å². The Bertz CT molecular complexity index is 275. The Morgan fingerprint density at radius 1 is 1.43 bits per heavy atom. The fourth-order valence-electron chi connectivity index (χ4n) is 2.37. The minimum atomic E-state index is -0.357. The molecule has 1 heterocycles. The zero-order valence-corrected chi connectivity index (χ0v) is 8.97. The summed E-state index contributed by atoms with van der Waals surface area (Å²) in [4.78, 5) is 16.4. The van der Waals surface area contributed by atoms with Crippen molar-refractivity contribution in [1.29, 1.82) is 0 Å². The molecule has 0 bridgehead atoms. The second kappa shape index (κ2) is 3.37. The number of aliphatic imine (C=N–C) groups is 1. The average molecular weight is 194 g/mol. The number of nitrogens with one attached hydrogen (secondary N) is 1. The molecule has 3 nitrogen and oxygen atoms in total. The molecule has 0 aromatic carbocycles. The Morgan fingerprint density at radius 2 is 2.07 bits per heavy atom. The van der Waals surface area contributed by atoms with Gasteiger partial charge in [0, 0.05) is 6.42 Å². The van der Waals surface area contributed by atoms with Gasteiger partial charge in [-0.05, 0) is 18.8 Å². The summed E-state index contributed by atoms with van der Waals surface area (Å²) in [7, 11) is 0. The quantitative estimate of drug-likeness (QED) is 0.716. The van der Waals surface area contributed by atoms with Gasteiger partial charge in [0.2, 0.25) is 0 Å². The van der Waals surface area contributed by atoms with E-state index in [2.05, 4.69) is 24.2 Å². The molecule has 1 fully saturated rings. The monoisotopic (exact) mass is 194 g/mol. The summed E-state index contributed by atoms with van der Waals surface area (Å²) in [5.41, 5.74) is -0.357. The first-order valence-electron chi connectivity index (χ1n) is 5.52. The van der Waals surface area contributed by atoms with Gasteiger partial charge in [-0.25, -0.2) is 0 Å². The SMILES string of the molecule is CC(C)CC1=NC2(CCCC2)C(=O)N1. The molecule has 1 saturated carbocycles. The first-order valence-corrected chi connectivity index (χ1v) is 5.52. The summed E-state index contributed by atoms with van der Waals surface area (Å²) in [5.74, 6) is 1.61. The molecule has 1 aliphatic carbocycles. The van der Waals surface area contributed by atoms with Gasteiger partial charge < -0.3 is 5.32 Å². The zero-order valence-electron chi connectivity index (χ0n) is 8.97. The predicted octanol–water partition coefficient (Wildman–Crippen LogP) is 1.87. The fourth-order valence-corrected chi connectivity index (χ4v) is 2.37. The standard InChI is InChI=1S/C11H18N2O/c1-8(2)7-9-12-10(14)11(13-9)5-3-4-6-11/h8H,3-7H2,1-2H3,(H,12,13,14). The van der Waals surface area contributed by atoms with Crippen LogP contribution in [0.15, 0.2) is 4.99 Å². The molecule has 3 heteroatoms. The molecule has 0 atom stereocenters. The largest absolute Gasteiger partial charge is 0.312 e. The smallest absolute Gasteiger partial charge is 0.253 e. The normalized spacial score (nSPS) is 24.5. The van der Waals surface area contributed by atoms with Crippen molar-refractivity contribution in [2.45, 2.75) is 51.5 Å². The van der Waals surface area contributed by atoms with Crippen LogP contribution in [0.5, 0.6) is 0 Å². The molecule has 0 unspecified atom stereocenters. The van der Waals surface area contributed by atoms with E-state index in [-0.39, 0.29) is 11.4 Å². The molecule has 1 spiro atoms. The number of hydrogen-bond donors (Lipinski definition) is 1. The number of hydrogen-bond acceptors (Lipinski definition) is 2. The molecule has 14 heavy (non-hydrogen) atoms. The van der Waals surface area contributed by atoms with E-state index in [4.69, 9.17) is 0 Å².